The Morgan fingerprint density at radius 2 is 1.45 bits per heavy atom. The summed E-state index contributed by atoms with van der Waals surface area (Å²) in [6.07, 6.45) is 6.12. The maximum atomic E-state index is 13.4. The average molecular weight is 868 g/mol. The lowest BCUT2D eigenvalue weighted by Gasteiger charge is -2.43. The van der Waals surface area contributed by atoms with Crippen LogP contribution in [0.4, 0.5) is 9.59 Å². The Hall–Kier alpha value is -5.01. The second kappa shape index (κ2) is 20.9. The lowest BCUT2D eigenvalue weighted by molar-refractivity contribution is 0.0551. The molecule has 0 aliphatic carbocycles. The van der Waals surface area contributed by atoms with Crippen molar-refractivity contribution < 1.29 is 32.7 Å². The van der Waals surface area contributed by atoms with Gasteiger partial charge in [0.2, 0.25) is 17.7 Å². The maximum Gasteiger partial charge on any atom is 0.437 e. The van der Waals surface area contributed by atoms with Crippen LogP contribution in [-0.4, -0.2) is 72.5 Å². The zero-order chi connectivity index (χ0) is 45.1. The number of ether oxygens (including phenoxy) is 3. The van der Waals surface area contributed by atoms with E-state index in [9.17, 15) is 9.59 Å². The van der Waals surface area contributed by atoms with Crippen LogP contribution >= 0.6 is 0 Å². The van der Waals surface area contributed by atoms with E-state index in [1.54, 1.807) is 41.5 Å². The number of alkyl carbamates (subject to hydrolysis) is 1. The van der Waals surface area contributed by atoms with Crippen LogP contribution in [0.15, 0.2) is 88.4 Å². The summed E-state index contributed by atoms with van der Waals surface area (Å²) in [4.78, 5) is 37.9. The fourth-order valence-electron chi connectivity index (χ4n) is 8.01. The van der Waals surface area contributed by atoms with Gasteiger partial charge in [0, 0.05) is 24.6 Å². The molecule has 1 N–H and O–H groups in total. The predicted molar refractivity (Wildman–Crippen MR) is 248 cm³/mol. The van der Waals surface area contributed by atoms with E-state index in [-0.39, 0.29) is 22.8 Å². The molecule has 2 heterocycles. The predicted octanol–water partition coefficient (Wildman–Crippen LogP) is 10.5. The largest absolute Gasteiger partial charge is 0.493 e. The Morgan fingerprint density at radius 3 is 2.03 bits per heavy atom. The summed E-state index contributed by atoms with van der Waals surface area (Å²) < 4.78 is 31.0. The molecule has 13 heteroatoms. The minimum atomic E-state index is -2.97. The van der Waals surface area contributed by atoms with Crippen LogP contribution in [0, 0.1) is 12.8 Å². The number of nitrogens with one attached hydrogen (secondary N) is 1. The lowest BCUT2D eigenvalue weighted by Crippen LogP contribution is -2.67. The van der Waals surface area contributed by atoms with Crippen LogP contribution in [-0.2, 0) is 13.9 Å². The summed E-state index contributed by atoms with van der Waals surface area (Å²) in [5.74, 6) is 1.22. The van der Waals surface area contributed by atoms with Gasteiger partial charge in [0.25, 0.3) is 8.32 Å². The molecule has 2 atom stereocenters. The molecule has 0 spiro atoms. The topological polar surface area (TPSA) is 138 Å². The van der Waals surface area contributed by atoms with Crippen molar-refractivity contribution in [2.45, 2.75) is 143 Å². The van der Waals surface area contributed by atoms with E-state index in [1.165, 1.54) is 25.7 Å². The van der Waals surface area contributed by atoms with E-state index in [1.807, 2.05) is 42.2 Å². The van der Waals surface area contributed by atoms with Crippen LogP contribution in [0.5, 0.6) is 5.75 Å². The summed E-state index contributed by atoms with van der Waals surface area (Å²) in [6, 6.07) is 26.2. The van der Waals surface area contributed by atoms with Gasteiger partial charge >= 0.3 is 12.2 Å². The van der Waals surface area contributed by atoms with Gasteiger partial charge in [-0.1, -0.05) is 126 Å². The molecule has 3 aromatic carbocycles. The van der Waals surface area contributed by atoms with Gasteiger partial charge in [-0.25, -0.2) is 9.59 Å². The second-order valence-corrected chi connectivity index (χ2v) is 23.6. The minimum Gasteiger partial charge on any atom is -0.493 e. The van der Waals surface area contributed by atoms with Gasteiger partial charge in [-0.15, -0.1) is 4.99 Å². The number of amides is 2. The Labute approximate surface area is 370 Å². The average Bonchev–Trinajstić information content (AvgIpc) is 3.85. The van der Waals surface area contributed by atoms with Crippen molar-refractivity contribution in [3.8, 4) is 17.1 Å². The minimum absolute atomic E-state index is 0.0473. The van der Waals surface area contributed by atoms with Crippen molar-refractivity contribution in [1.82, 2.24) is 20.4 Å². The third kappa shape index (κ3) is 12.8. The maximum absolute atomic E-state index is 13.4. The summed E-state index contributed by atoms with van der Waals surface area (Å²) in [7, 11) is -2.97. The van der Waals surface area contributed by atoms with Crippen LogP contribution < -0.4 is 20.4 Å². The highest BCUT2D eigenvalue weighted by molar-refractivity contribution is 6.99. The number of likely N-dealkylation sites (tertiary alicyclic amines) is 1. The normalized spacial score (nSPS) is 16.3. The summed E-state index contributed by atoms with van der Waals surface area (Å²) in [6.45, 7) is 22.9. The van der Waals surface area contributed by atoms with Crippen LogP contribution in [0.1, 0.15) is 132 Å². The molecule has 0 radical (unpaired) electrons. The number of hydrogen-bond donors (Lipinski definition) is 1. The van der Waals surface area contributed by atoms with Crippen molar-refractivity contribution in [3.05, 3.63) is 90.3 Å². The Bertz CT molecular complexity index is 2050. The van der Waals surface area contributed by atoms with Crippen LogP contribution in [0.2, 0.25) is 5.04 Å². The van der Waals surface area contributed by atoms with Crippen LogP contribution in [0.25, 0.3) is 11.4 Å². The summed E-state index contributed by atoms with van der Waals surface area (Å²) in [5, 5.41) is 9.27. The summed E-state index contributed by atoms with van der Waals surface area (Å²) in [5.41, 5.74) is 0.0880. The van der Waals surface area contributed by atoms with Crippen molar-refractivity contribution in [2.75, 3.05) is 19.8 Å². The van der Waals surface area contributed by atoms with E-state index in [4.69, 9.17) is 28.1 Å². The molecule has 2 amide bonds. The first-order chi connectivity index (χ1) is 29.3. The number of aryl methyl sites for hydroxylation is 1. The number of carbonyl (C=O) groups excluding carboxylic acids is 2. The third-order valence-corrected chi connectivity index (χ3v) is 15.8. The number of hydrogen-bond acceptors (Lipinski definition) is 9. The van der Waals surface area contributed by atoms with Gasteiger partial charge in [0.1, 0.15) is 23.0 Å². The monoisotopic (exact) mass is 867 g/mol. The fourth-order valence-corrected chi connectivity index (χ4v) is 12.6. The zero-order valence-electron chi connectivity index (χ0n) is 38.9. The van der Waals surface area contributed by atoms with E-state index >= 15 is 0 Å². The number of unbranched alkanes of at least 4 members (excludes halogenated alkanes) is 5. The van der Waals surface area contributed by atoms with E-state index in [0.29, 0.717) is 32.0 Å². The molecule has 1 saturated heterocycles. The molecule has 4 aromatic rings. The second-order valence-electron chi connectivity index (χ2n) is 19.3. The SMILES string of the molecule is CCCCCCCCOc1ccc(-c2noc([C@@H]3[C@@H](CO[Si](c4ccccc4)(c4ccccc4)C(C)(C)C)CCN3/C(=N/C(=O)OC(C)(C)C)NC(=O)OC(C)(C)C)n2)cc1C. The Balaban J connectivity index is 1.53. The van der Waals surface area contributed by atoms with Crippen molar-refractivity contribution in [2.24, 2.45) is 10.9 Å². The molecule has 1 fully saturated rings. The molecule has 0 saturated carbocycles. The van der Waals surface area contributed by atoms with Gasteiger partial charge in [-0.3, -0.25) is 5.32 Å². The van der Waals surface area contributed by atoms with Gasteiger partial charge in [-0.05, 0) is 100 Å². The molecule has 12 nitrogen and oxygen atoms in total. The highest BCUT2D eigenvalue weighted by atomic mass is 28.4. The number of rotatable bonds is 15. The van der Waals surface area contributed by atoms with Gasteiger partial charge < -0.3 is 28.1 Å². The fraction of sp³-hybridized carbons (Fsp3) is 0.531. The zero-order valence-corrected chi connectivity index (χ0v) is 39.9. The van der Waals surface area contributed by atoms with Crippen molar-refractivity contribution >= 4 is 36.8 Å². The highest BCUT2D eigenvalue weighted by Crippen LogP contribution is 2.42. The van der Waals surface area contributed by atoms with Gasteiger partial charge in [-0.2, -0.15) is 4.98 Å². The van der Waals surface area contributed by atoms with Crippen molar-refractivity contribution in [3.63, 3.8) is 0 Å². The molecule has 0 bridgehead atoms. The number of aliphatic imine (C=N–C) groups is 1. The molecular formula is C49H69N5O7Si. The first-order valence-corrected chi connectivity index (χ1v) is 24.1. The third-order valence-electron chi connectivity index (χ3n) is 10.8. The van der Waals surface area contributed by atoms with Crippen molar-refractivity contribution in [1.29, 1.82) is 0 Å². The van der Waals surface area contributed by atoms with E-state index < -0.39 is 37.7 Å². The van der Waals surface area contributed by atoms with Crippen LogP contribution in [0.3, 0.4) is 0 Å². The van der Waals surface area contributed by atoms with Gasteiger partial charge in [0.05, 0.1) is 6.61 Å². The lowest BCUT2D eigenvalue weighted by atomic mass is 10.0. The first-order valence-electron chi connectivity index (χ1n) is 22.2. The number of carbonyl (C=O) groups is 2. The standard InChI is InChI=1S/C49H69N5O7Si/c1-12-13-14-15-16-23-32-57-40-29-28-36(33-35(40)2)42-50-43(61-53-42)41-37(30-31-54(41)44(51-45(55)59-47(3,4)5)52-46(56)60-48(6,7)8)34-58-62(49(9,10)11,38-24-19-17-20-25-38)39-26-21-18-22-27-39/h17-22,24-29,33,37,41H,12-16,23,30-32,34H2,1-11H3,(H,51,52,55,56)/t37-,41+/m1/s1. The number of nitrogens with zero attached hydrogens (tertiary/aromatic N) is 4. The summed E-state index contributed by atoms with van der Waals surface area (Å²) >= 11 is 0. The van der Waals surface area contributed by atoms with Gasteiger partial charge in [0.15, 0.2) is 0 Å². The smallest absolute Gasteiger partial charge is 0.437 e. The van der Waals surface area contributed by atoms with E-state index in [2.05, 4.69) is 91.7 Å². The number of guanidine groups is 1. The molecule has 62 heavy (non-hydrogen) atoms. The van der Waals surface area contributed by atoms with E-state index in [0.717, 1.165) is 40.1 Å². The molecule has 1 aliphatic heterocycles. The Morgan fingerprint density at radius 1 is 0.839 bits per heavy atom. The highest BCUT2D eigenvalue weighted by Gasteiger charge is 2.52. The quantitative estimate of drug-likeness (QED) is 0.0532. The number of aromatic nitrogens is 2. The molecular weight excluding hydrogens is 799 g/mol. The molecule has 336 valence electrons. The Kier molecular flexibility index (Phi) is 16.2. The molecule has 5 rings (SSSR count). The molecule has 0 unspecified atom stereocenters. The first kappa shape index (κ1) is 48.0. The molecule has 1 aliphatic rings. The number of benzene rings is 3. The molecule has 1 aromatic heterocycles.